The summed E-state index contributed by atoms with van der Waals surface area (Å²) >= 11 is 0. The van der Waals surface area contributed by atoms with Gasteiger partial charge in [0.25, 0.3) is 0 Å². The number of fused-ring (bicyclic) bond motifs is 1. The van der Waals surface area contributed by atoms with E-state index >= 15 is 0 Å². The van der Waals surface area contributed by atoms with E-state index in [4.69, 9.17) is 9.47 Å². The zero-order valence-electron chi connectivity index (χ0n) is 12.7. The Kier molecular flexibility index (Phi) is 5.36. The van der Waals surface area contributed by atoms with Crippen LogP contribution in [-0.4, -0.2) is 30.1 Å². The summed E-state index contributed by atoms with van der Waals surface area (Å²) in [6.07, 6.45) is 6.53. The number of ether oxygens (including phenoxy) is 2. The van der Waals surface area contributed by atoms with Gasteiger partial charge in [0, 0.05) is 17.8 Å². The van der Waals surface area contributed by atoms with Gasteiger partial charge in [0.1, 0.15) is 0 Å². The highest BCUT2D eigenvalue weighted by atomic mass is 16.5. The van der Waals surface area contributed by atoms with Gasteiger partial charge in [-0.2, -0.15) is 0 Å². The smallest absolute Gasteiger partial charge is 0.340 e. The van der Waals surface area contributed by atoms with Crippen LogP contribution >= 0.6 is 0 Å². The molecule has 2 rings (SSSR count). The number of methoxy groups -OCH3 is 1. The van der Waals surface area contributed by atoms with Gasteiger partial charge in [0.05, 0.1) is 25.0 Å². The van der Waals surface area contributed by atoms with E-state index in [0.29, 0.717) is 17.9 Å². The van der Waals surface area contributed by atoms with Crippen molar-refractivity contribution in [2.24, 2.45) is 0 Å². The first-order valence-electron chi connectivity index (χ1n) is 7.20. The number of esters is 2. The minimum atomic E-state index is -0.442. The summed E-state index contributed by atoms with van der Waals surface area (Å²) in [5.41, 5.74) is 1.85. The average Bonchev–Trinajstić information content (AvgIpc) is 2.91. The van der Waals surface area contributed by atoms with Gasteiger partial charge in [0.2, 0.25) is 0 Å². The minimum Gasteiger partial charge on any atom is -0.465 e. The lowest BCUT2D eigenvalue weighted by atomic mass is 10.2. The van der Waals surface area contributed by atoms with Crippen molar-refractivity contribution in [2.45, 2.75) is 19.8 Å². The number of nitrogens with zero attached hydrogens (tertiary/aromatic N) is 1. The summed E-state index contributed by atoms with van der Waals surface area (Å²) < 4.78 is 11.7. The number of pyridine rings is 1. The van der Waals surface area contributed by atoms with Crippen LogP contribution in [0.15, 0.2) is 36.5 Å². The second-order valence-electron chi connectivity index (χ2n) is 4.78. The normalized spacial score (nSPS) is 11.0. The van der Waals surface area contributed by atoms with Gasteiger partial charge in [-0.3, -0.25) is 0 Å². The molecule has 0 aliphatic rings. The van der Waals surface area contributed by atoms with E-state index in [1.54, 1.807) is 12.1 Å². The van der Waals surface area contributed by atoms with E-state index in [0.717, 1.165) is 18.4 Å². The van der Waals surface area contributed by atoms with E-state index in [2.05, 4.69) is 0 Å². The Morgan fingerprint density at radius 3 is 2.86 bits per heavy atom. The van der Waals surface area contributed by atoms with Gasteiger partial charge in [0.15, 0.2) is 0 Å². The van der Waals surface area contributed by atoms with Crippen molar-refractivity contribution in [3.63, 3.8) is 0 Å². The lowest BCUT2D eigenvalue weighted by Gasteiger charge is -2.02. The number of hydrogen-bond donors (Lipinski definition) is 0. The summed E-state index contributed by atoms with van der Waals surface area (Å²) in [7, 11) is 1.33. The fourth-order valence-corrected chi connectivity index (χ4v) is 2.10. The second kappa shape index (κ2) is 7.45. The molecule has 0 unspecified atom stereocenters. The molecule has 116 valence electrons. The molecule has 0 bridgehead atoms. The Labute approximate surface area is 129 Å². The highest BCUT2D eigenvalue weighted by molar-refractivity contribution is 5.97. The van der Waals surface area contributed by atoms with Gasteiger partial charge < -0.3 is 13.9 Å². The Balaban J connectivity index is 2.28. The molecule has 0 saturated heterocycles. The van der Waals surface area contributed by atoms with Crippen molar-refractivity contribution in [1.82, 2.24) is 4.40 Å². The molecule has 0 atom stereocenters. The first-order chi connectivity index (χ1) is 10.7. The Hall–Kier alpha value is -2.56. The van der Waals surface area contributed by atoms with E-state index in [9.17, 15) is 9.59 Å². The van der Waals surface area contributed by atoms with Crippen molar-refractivity contribution in [3.05, 3.63) is 47.8 Å². The summed E-state index contributed by atoms with van der Waals surface area (Å²) in [5.74, 6) is -0.863. The molecular formula is C17H19NO4. The van der Waals surface area contributed by atoms with E-state index in [-0.39, 0.29) is 0 Å². The monoisotopic (exact) mass is 301 g/mol. The number of rotatable bonds is 6. The van der Waals surface area contributed by atoms with Gasteiger partial charge in [-0.25, -0.2) is 9.59 Å². The second-order valence-corrected chi connectivity index (χ2v) is 4.78. The molecule has 0 aromatic carbocycles. The lowest BCUT2D eigenvalue weighted by molar-refractivity contribution is -0.137. The van der Waals surface area contributed by atoms with Gasteiger partial charge in [-0.05, 0) is 30.7 Å². The minimum absolute atomic E-state index is 0.401. The topological polar surface area (TPSA) is 57.0 Å². The largest absolute Gasteiger partial charge is 0.465 e. The molecule has 2 aromatic rings. The predicted octanol–water partition coefficient (Wildman–Crippen LogP) is 3.08. The van der Waals surface area contributed by atoms with Crippen LogP contribution in [0.3, 0.4) is 0 Å². The maximum atomic E-state index is 11.9. The number of hydrogen-bond acceptors (Lipinski definition) is 4. The van der Waals surface area contributed by atoms with E-state index in [1.807, 2.05) is 35.7 Å². The first kappa shape index (κ1) is 15.8. The van der Waals surface area contributed by atoms with E-state index < -0.39 is 11.9 Å². The van der Waals surface area contributed by atoms with Crippen LogP contribution in [0.25, 0.3) is 11.6 Å². The van der Waals surface area contributed by atoms with Crippen molar-refractivity contribution >= 4 is 23.5 Å². The number of aromatic nitrogens is 1. The van der Waals surface area contributed by atoms with Gasteiger partial charge in [-0.15, -0.1) is 0 Å². The van der Waals surface area contributed by atoms with Crippen LogP contribution in [0.1, 0.15) is 35.8 Å². The third-order valence-corrected chi connectivity index (χ3v) is 3.24. The fraction of sp³-hybridized carbons (Fsp3) is 0.294. The quantitative estimate of drug-likeness (QED) is 0.467. The molecule has 0 amide bonds. The summed E-state index contributed by atoms with van der Waals surface area (Å²) in [5, 5.41) is 0. The maximum absolute atomic E-state index is 11.9. The molecule has 2 aromatic heterocycles. The van der Waals surface area contributed by atoms with Gasteiger partial charge in [-0.1, -0.05) is 19.4 Å². The standard InChI is InChI=1S/C17H19NO4/c1-3-4-11-22-16(19)9-8-15-14(17(20)21-2)12-13-7-5-6-10-18(13)15/h5-10,12H,3-4,11H2,1-2H3/b9-8+. The van der Waals surface area contributed by atoms with Crippen molar-refractivity contribution in [2.75, 3.05) is 13.7 Å². The number of carbonyl (C=O) groups is 2. The molecule has 0 saturated carbocycles. The molecule has 0 radical (unpaired) electrons. The summed E-state index contributed by atoms with van der Waals surface area (Å²) in [6.45, 7) is 2.43. The zero-order valence-corrected chi connectivity index (χ0v) is 12.7. The van der Waals surface area contributed by atoms with Crippen LogP contribution in [0, 0.1) is 0 Å². The first-order valence-corrected chi connectivity index (χ1v) is 7.20. The number of unbranched alkanes of at least 4 members (excludes halogenated alkanes) is 1. The average molecular weight is 301 g/mol. The maximum Gasteiger partial charge on any atom is 0.340 e. The Morgan fingerprint density at radius 2 is 2.14 bits per heavy atom. The fourth-order valence-electron chi connectivity index (χ4n) is 2.10. The predicted molar refractivity (Wildman–Crippen MR) is 83.6 cm³/mol. The molecule has 22 heavy (non-hydrogen) atoms. The van der Waals surface area contributed by atoms with Crippen LogP contribution < -0.4 is 0 Å². The molecule has 0 N–H and O–H groups in total. The Bertz CT molecular complexity index is 700. The van der Waals surface area contributed by atoms with Gasteiger partial charge >= 0.3 is 11.9 Å². The van der Waals surface area contributed by atoms with Crippen LogP contribution in [0.2, 0.25) is 0 Å². The summed E-state index contributed by atoms with van der Waals surface area (Å²) in [6, 6.07) is 7.34. The van der Waals surface area contributed by atoms with Crippen LogP contribution in [0.5, 0.6) is 0 Å². The third kappa shape index (κ3) is 3.55. The third-order valence-electron chi connectivity index (χ3n) is 3.24. The molecule has 5 heteroatoms. The molecule has 0 spiro atoms. The van der Waals surface area contributed by atoms with Crippen molar-refractivity contribution in [3.8, 4) is 0 Å². The molecule has 0 aliphatic carbocycles. The molecule has 2 heterocycles. The number of carbonyl (C=O) groups excluding carboxylic acids is 2. The van der Waals surface area contributed by atoms with E-state index in [1.165, 1.54) is 13.2 Å². The lowest BCUT2D eigenvalue weighted by Crippen LogP contribution is -2.04. The molecule has 0 fully saturated rings. The van der Waals surface area contributed by atoms with Crippen molar-refractivity contribution < 1.29 is 19.1 Å². The molecule has 0 aliphatic heterocycles. The highest BCUT2D eigenvalue weighted by Gasteiger charge is 2.15. The Morgan fingerprint density at radius 1 is 1.32 bits per heavy atom. The highest BCUT2D eigenvalue weighted by Crippen LogP contribution is 2.19. The zero-order chi connectivity index (χ0) is 15.9. The summed E-state index contributed by atoms with van der Waals surface area (Å²) in [4.78, 5) is 23.5. The van der Waals surface area contributed by atoms with Crippen LogP contribution in [0.4, 0.5) is 0 Å². The van der Waals surface area contributed by atoms with Crippen LogP contribution in [-0.2, 0) is 14.3 Å². The van der Waals surface area contributed by atoms with Crippen molar-refractivity contribution in [1.29, 1.82) is 0 Å². The molecule has 5 nitrogen and oxygen atoms in total. The molecular weight excluding hydrogens is 282 g/mol. The SMILES string of the molecule is CCCCOC(=O)/C=C/c1c(C(=O)OC)cc2ccccn12.